The third-order valence-corrected chi connectivity index (χ3v) is 5.36. The molecule has 0 bridgehead atoms. The highest BCUT2D eigenvalue weighted by Crippen LogP contribution is 2.28. The Kier molecular flexibility index (Phi) is 3.99. The van der Waals surface area contributed by atoms with Gasteiger partial charge in [0.25, 0.3) is 10.2 Å². The average Bonchev–Trinajstić information content (AvgIpc) is 2.40. The lowest BCUT2D eigenvalue weighted by Gasteiger charge is -2.32. The van der Waals surface area contributed by atoms with E-state index < -0.39 is 10.2 Å². The summed E-state index contributed by atoms with van der Waals surface area (Å²) in [5.74, 6) is 0.446. The zero-order chi connectivity index (χ0) is 13.2. The van der Waals surface area contributed by atoms with Crippen LogP contribution in [-0.4, -0.2) is 49.2 Å². The summed E-state index contributed by atoms with van der Waals surface area (Å²) in [7, 11) is -0.104. The standard InChI is InChI=1S/C12H19N3O2S/c1-14(2)18(16,17)15-9-5-12(6-10-15)11-3-7-13-8-4-11/h3-4,7-8,12H,5-6,9-10H2,1-2H3. The van der Waals surface area contributed by atoms with Crippen LogP contribution >= 0.6 is 0 Å². The Hall–Kier alpha value is -0.980. The number of piperidine rings is 1. The van der Waals surface area contributed by atoms with E-state index in [0.29, 0.717) is 19.0 Å². The lowest BCUT2D eigenvalue weighted by atomic mass is 9.91. The molecule has 1 aromatic rings. The van der Waals surface area contributed by atoms with Crippen LogP contribution in [0.3, 0.4) is 0 Å². The Bertz CT molecular complexity index is 479. The fraction of sp³-hybridized carbons (Fsp3) is 0.583. The van der Waals surface area contributed by atoms with E-state index >= 15 is 0 Å². The van der Waals surface area contributed by atoms with E-state index in [4.69, 9.17) is 0 Å². The number of aromatic nitrogens is 1. The van der Waals surface area contributed by atoms with Crippen molar-refractivity contribution < 1.29 is 8.42 Å². The minimum absolute atomic E-state index is 0.446. The summed E-state index contributed by atoms with van der Waals surface area (Å²) < 4.78 is 26.8. The van der Waals surface area contributed by atoms with Crippen LogP contribution in [0, 0.1) is 0 Å². The monoisotopic (exact) mass is 269 g/mol. The van der Waals surface area contributed by atoms with E-state index in [1.54, 1.807) is 30.8 Å². The van der Waals surface area contributed by atoms with Crippen molar-refractivity contribution in [1.29, 1.82) is 0 Å². The van der Waals surface area contributed by atoms with Gasteiger partial charge in [-0.25, -0.2) is 0 Å². The highest BCUT2D eigenvalue weighted by Gasteiger charge is 2.29. The summed E-state index contributed by atoms with van der Waals surface area (Å²) in [6, 6.07) is 4.03. The third-order valence-electron chi connectivity index (χ3n) is 3.42. The minimum atomic E-state index is -3.25. The Morgan fingerprint density at radius 2 is 1.78 bits per heavy atom. The lowest BCUT2D eigenvalue weighted by molar-refractivity contribution is 0.302. The zero-order valence-corrected chi connectivity index (χ0v) is 11.6. The van der Waals surface area contributed by atoms with Gasteiger partial charge in [0.05, 0.1) is 0 Å². The van der Waals surface area contributed by atoms with Gasteiger partial charge < -0.3 is 0 Å². The fourth-order valence-corrected chi connectivity index (χ4v) is 3.42. The minimum Gasteiger partial charge on any atom is -0.265 e. The Morgan fingerprint density at radius 3 is 2.28 bits per heavy atom. The summed E-state index contributed by atoms with van der Waals surface area (Å²) in [6.07, 6.45) is 5.32. The maximum absolute atomic E-state index is 12.0. The fourth-order valence-electron chi connectivity index (χ4n) is 2.29. The highest BCUT2D eigenvalue weighted by molar-refractivity contribution is 7.86. The van der Waals surface area contributed by atoms with E-state index in [-0.39, 0.29) is 0 Å². The molecule has 2 rings (SSSR count). The molecule has 1 aromatic heterocycles. The summed E-state index contributed by atoms with van der Waals surface area (Å²) in [6.45, 7) is 1.18. The van der Waals surface area contributed by atoms with Crippen LogP contribution < -0.4 is 0 Å². The average molecular weight is 269 g/mol. The second-order valence-corrected chi connectivity index (χ2v) is 6.89. The Labute approximate surface area is 109 Å². The van der Waals surface area contributed by atoms with Gasteiger partial charge >= 0.3 is 0 Å². The van der Waals surface area contributed by atoms with Crippen molar-refractivity contribution in [1.82, 2.24) is 13.6 Å². The van der Waals surface area contributed by atoms with Gasteiger partial charge in [0.1, 0.15) is 0 Å². The van der Waals surface area contributed by atoms with Gasteiger partial charge in [-0.05, 0) is 36.5 Å². The van der Waals surface area contributed by atoms with Crippen LogP contribution in [-0.2, 0) is 10.2 Å². The van der Waals surface area contributed by atoms with Crippen LogP contribution in [0.2, 0.25) is 0 Å². The smallest absolute Gasteiger partial charge is 0.265 e. The molecule has 0 spiro atoms. The van der Waals surface area contributed by atoms with Gasteiger partial charge in [-0.3, -0.25) is 4.98 Å². The van der Waals surface area contributed by atoms with Crippen molar-refractivity contribution in [3.63, 3.8) is 0 Å². The van der Waals surface area contributed by atoms with E-state index in [9.17, 15) is 8.42 Å². The molecular formula is C12H19N3O2S. The lowest BCUT2D eigenvalue weighted by Crippen LogP contribution is -2.44. The Balaban J connectivity index is 2.01. The van der Waals surface area contributed by atoms with Crippen molar-refractivity contribution in [3.05, 3.63) is 30.1 Å². The van der Waals surface area contributed by atoms with Gasteiger partial charge in [0, 0.05) is 39.6 Å². The van der Waals surface area contributed by atoms with Crippen molar-refractivity contribution in [2.24, 2.45) is 0 Å². The molecule has 0 saturated carbocycles. The van der Waals surface area contributed by atoms with Crippen LogP contribution in [0.25, 0.3) is 0 Å². The molecule has 5 nitrogen and oxygen atoms in total. The van der Waals surface area contributed by atoms with Crippen molar-refractivity contribution in [3.8, 4) is 0 Å². The molecular weight excluding hydrogens is 250 g/mol. The SMILES string of the molecule is CN(C)S(=O)(=O)N1CCC(c2ccncc2)CC1. The predicted octanol–water partition coefficient (Wildman–Crippen LogP) is 1.07. The molecule has 18 heavy (non-hydrogen) atoms. The van der Waals surface area contributed by atoms with Crippen LogP contribution in [0.4, 0.5) is 0 Å². The molecule has 0 amide bonds. The molecule has 0 aliphatic carbocycles. The second-order valence-electron chi connectivity index (χ2n) is 4.74. The maximum Gasteiger partial charge on any atom is 0.281 e. The quantitative estimate of drug-likeness (QED) is 0.824. The normalized spacial score (nSPS) is 19.3. The molecule has 1 aliphatic heterocycles. The number of pyridine rings is 1. The summed E-state index contributed by atoms with van der Waals surface area (Å²) in [5, 5.41) is 0. The second kappa shape index (κ2) is 5.34. The molecule has 1 saturated heterocycles. The molecule has 6 heteroatoms. The summed E-state index contributed by atoms with van der Waals surface area (Å²) in [4.78, 5) is 4.00. The van der Waals surface area contributed by atoms with Gasteiger partial charge in [-0.15, -0.1) is 0 Å². The molecule has 2 heterocycles. The van der Waals surface area contributed by atoms with Crippen LogP contribution in [0.5, 0.6) is 0 Å². The molecule has 1 aliphatic rings. The highest BCUT2D eigenvalue weighted by atomic mass is 32.2. The maximum atomic E-state index is 12.0. The van der Waals surface area contributed by atoms with Crippen LogP contribution in [0.1, 0.15) is 24.3 Å². The van der Waals surface area contributed by atoms with Crippen LogP contribution in [0.15, 0.2) is 24.5 Å². The molecule has 0 radical (unpaired) electrons. The number of nitrogens with zero attached hydrogens (tertiary/aromatic N) is 3. The summed E-state index contributed by atoms with van der Waals surface area (Å²) >= 11 is 0. The first-order valence-corrected chi connectivity index (χ1v) is 7.49. The number of rotatable bonds is 3. The van der Waals surface area contributed by atoms with Crippen molar-refractivity contribution in [2.45, 2.75) is 18.8 Å². The first kappa shape index (κ1) is 13.5. The molecule has 0 N–H and O–H groups in total. The van der Waals surface area contributed by atoms with E-state index in [1.807, 2.05) is 12.1 Å². The third kappa shape index (κ3) is 2.71. The van der Waals surface area contributed by atoms with E-state index in [0.717, 1.165) is 12.8 Å². The predicted molar refractivity (Wildman–Crippen MR) is 70.4 cm³/mol. The first-order valence-electron chi connectivity index (χ1n) is 6.09. The molecule has 0 atom stereocenters. The zero-order valence-electron chi connectivity index (χ0n) is 10.8. The molecule has 0 aromatic carbocycles. The first-order chi connectivity index (χ1) is 8.51. The van der Waals surface area contributed by atoms with Gasteiger partial charge in [-0.1, -0.05) is 0 Å². The Morgan fingerprint density at radius 1 is 1.22 bits per heavy atom. The number of hydrogen-bond acceptors (Lipinski definition) is 3. The van der Waals surface area contributed by atoms with Crippen molar-refractivity contribution >= 4 is 10.2 Å². The molecule has 100 valence electrons. The van der Waals surface area contributed by atoms with Gasteiger partial charge in [0.2, 0.25) is 0 Å². The number of hydrogen-bond donors (Lipinski definition) is 0. The molecule has 0 unspecified atom stereocenters. The van der Waals surface area contributed by atoms with Crippen molar-refractivity contribution in [2.75, 3.05) is 27.2 Å². The molecule has 1 fully saturated rings. The van der Waals surface area contributed by atoms with E-state index in [1.165, 1.54) is 9.87 Å². The topological polar surface area (TPSA) is 53.5 Å². The largest absolute Gasteiger partial charge is 0.281 e. The van der Waals surface area contributed by atoms with Gasteiger partial charge in [0.15, 0.2) is 0 Å². The van der Waals surface area contributed by atoms with E-state index in [2.05, 4.69) is 4.98 Å². The van der Waals surface area contributed by atoms with Gasteiger partial charge in [-0.2, -0.15) is 17.0 Å². The summed E-state index contributed by atoms with van der Waals surface area (Å²) in [5.41, 5.74) is 1.26.